The number of benzene rings is 2. The Kier molecular flexibility index (Phi) is 8.27. The zero-order valence-electron chi connectivity index (χ0n) is 20.3. The lowest BCUT2D eigenvalue weighted by molar-refractivity contribution is -0.122. The molecule has 4 rings (SSSR count). The van der Waals surface area contributed by atoms with Crippen LogP contribution in [0, 0.1) is 12.8 Å². The fraction of sp³-hybridized carbons (Fsp3) is 0.346. The average Bonchev–Trinajstić information content (AvgIpc) is 3.40. The van der Waals surface area contributed by atoms with Gasteiger partial charge < -0.3 is 20.3 Å². The Labute approximate surface area is 213 Å². The van der Waals surface area contributed by atoms with E-state index >= 15 is 0 Å². The summed E-state index contributed by atoms with van der Waals surface area (Å²) in [4.78, 5) is 39.5. The number of nitrogens with one attached hydrogen (secondary N) is 2. The van der Waals surface area contributed by atoms with Crippen molar-refractivity contribution in [3.05, 3.63) is 69.7 Å². The van der Waals surface area contributed by atoms with Crippen molar-refractivity contribution in [3.63, 3.8) is 0 Å². The normalized spacial score (nSPS) is 13.8. The molecule has 2 N–H and O–H groups in total. The first-order valence-corrected chi connectivity index (χ1v) is 12.6. The zero-order chi connectivity index (χ0) is 25.5. The van der Waals surface area contributed by atoms with Crippen LogP contribution in [0.4, 0.5) is 5.69 Å². The van der Waals surface area contributed by atoms with Crippen molar-refractivity contribution in [1.29, 1.82) is 0 Å². The van der Waals surface area contributed by atoms with E-state index in [-0.39, 0.29) is 27.7 Å². The predicted octanol–water partition coefficient (Wildman–Crippen LogP) is 3.67. The maximum absolute atomic E-state index is 12.9. The number of aromatic nitrogens is 2. The number of carbonyl (C=O) groups excluding carboxylic acids is 3. The minimum atomic E-state index is -0.395. The SMILES string of the molecule is COc1ccccc1CNC(=O)CC1CCN(C(=O)c2nnc(C(=O)Nc3ccc(C)cc3)s2)CC1. The highest BCUT2D eigenvalue weighted by molar-refractivity contribution is 7.15. The first-order valence-electron chi connectivity index (χ1n) is 11.8. The number of hydrogen-bond donors (Lipinski definition) is 2. The monoisotopic (exact) mass is 507 g/mol. The van der Waals surface area contributed by atoms with Gasteiger partial charge >= 0.3 is 0 Å². The van der Waals surface area contributed by atoms with Crippen LogP contribution in [-0.2, 0) is 11.3 Å². The molecule has 1 aromatic heterocycles. The van der Waals surface area contributed by atoms with Gasteiger partial charge in [0.2, 0.25) is 15.9 Å². The van der Waals surface area contributed by atoms with Gasteiger partial charge in [-0.25, -0.2) is 0 Å². The maximum atomic E-state index is 12.9. The molecular weight excluding hydrogens is 478 g/mol. The molecule has 2 heterocycles. The Bertz CT molecular complexity index is 1220. The minimum absolute atomic E-state index is 0.0148. The molecule has 3 amide bonds. The van der Waals surface area contributed by atoms with Crippen LogP contribution < -0.4 is 15.4 Å². The fourth-order valence-corrected chi connectivity index (χ4v) is 4.78. The summed E-state index contributed by atoms with van der Waals surface area (Å²) in [5.74, 6) is 0.308. The molecule has 0 aliphatic carbocycles. The second-order valence-corrected chi connectivity index (χ2v) is 9.74. The number of hydrogen-bond acceptors (Lipinski definition) is 7. The molecule has 3 aromatic rings. The molecule has 2 aromatic carbocycles. The summed E-state index contributed by atoms with van der Waals surface area (Å²) in [6.45, 7) is 3.45. The van der Waals surface area contributed by atoms with Crippen molar-refractivity contribution < 1.29 is 19.1 Å². The Hall–Kier alpha value is -3.79. The summed E-state index contributed by atoms with van der Waals surface area (Å²) < 4.78 is 5.32. The topological polar surface area (TPSA) is 114 Å². The molecular formula is C26H29N5O4S. The van der Waals surface area contributed by atoms with E-state index in [4.69, 9.17) is 4.74 Å². The highest BCUT2D eigenvalue weighted by Crippen LogP contribution is 2.24. The zero-order valence-corrected chi connectivity index (χ0v) is 21.1. The van der Waals surface area contributed by atoms with E-state index in [1.807, 2.05) is 55.5 Å². The number of rotatable bonds is 8. The number of nitrogens with zero attached hydrogens (tertiary/aromatic N) is 3. The summed E-state index contributed by atoms with van der Waals surface area (Å²) in [6.07, 6.45) is 1.88. The maximum Gasteiger partial charge on any atom is 0.286 e. The lowest BCUT2D eigenvalue weighted by Crippen LogP contribution is -2.39. The first-order chi connectivity index (χ1) is 17.4. The Morgan fingerprint density at radius 3 is 2.44 bits per heavy atom. The van der Waals surface area contributed by atoms with Crippen LogP contribution in [0.2, 0.25) is 0 Å². The van der Waals surface area contributed by atoms with Crippen molar-refractivity contribution in [2.45, 2.75) is 32.7 Å². The van der Waals surface area contributed by atoms with Crippen molar-refractivity contribution in [1.82, 2.24) is 20.4 Å². The number of ether oxygens (including phenoxy) is 1. The van der Waals surface area contributed by atoms with Crippen LogP contribution in [0.3, 0.4) is 0 Å². The molecule has 36 heavy (non-hydrogen) atoms. The third-order valence-corrected chi connectivity index (χ3v) is 7.07. The Morgan fingerprint density at radius 2 is 1.72 bits per heavy atom. The molecule has 1 fully saturated rings. The molecule has 188 valence electrons. The van der Waals surface area contributed by atoms with Gasteiger partial charge in [0.25, 0.3) is 11.8 Å². The van der Waals surface area contributed by atoms with E-state index in [0.29, 0.717) is 31.7 Å². The molecule has 1 saturated heterocycles. The van der Waals surface area contributed by atoms with E-state index in [9.17, 15) is 14.4 Å². The minimum Gasteiger partial charge on any atom is -0.496 e. The summed E-state index contributed by atoms with van der Waals surface area (Å²) in [6, 6.07) is 15.0. The lowest BCUT2D eigenvalue weighted by Gasteiger charge is -2.31. The average molecular weight is 508 g/mol. The third-order valence-electron chi connectivity index (χ3n) is 6.16. The van der Waals surface area contributed by atoms with E-state index in [1.54, 1.807) is 12.0 Å². The first kappa shape index (κ1) is 25.3. The van der Waals surface area contributed by atoms with E-state index in [1.165, 1.54) is 0 Å². The molecule has 0 atom stereocenters. The van der Waals surface area contributed by atoms with Gasteiger partial charge in [-0.05, 0) is 43.9 Å². The van der Waals surface area contributed by atoms with E-state index < -0.39 is 5.91 Å². The predicted molar refractivity (Wildman–Crippen MR) is 137 cm³/mol. The molecule has 0 radical (unpaired) electrons. The molecule has 0 unspecified atom stereocenters. The number of anilines is 1. The Balaban J connectivity index is 1.23. The summed E-state index contributed by atoms with van der Waals surface area (Å²) in [5.41, 5.74) is 2.68. The highest BCUT2D eigenvalue weighted by Gasteiger charge is 2.28. The number of para-hydroxylation sites is 1. The smallest absolute Gasteiger partial charge is 0.286 e. The van der Waals surface area contributed by atoms with Gasteiger partial charge in [-0.15, -0.1) is 10.2 Å². The van der Waals surface area contributed by atoms with Gasteiger partial charge in [0.05, 0.1) is 7.11 Å². The molecule has 0 saturated carbocycles. The summed E-state index contributed by atoms with van der Waals surface area (Å²) in [5, 5.41) is 13.9. The number of amides is 3. The summed E-state index contributed by atoms with van der Waals surface area (Å²) >= 11 is 0.984. The second-order valence-electron chi connectivity index (χ2n) is 8.76. The van der Waals surface area contributed by atoms with Gasteiger partial charge in [-0.3, -0.25) is 14.4 Å². The Morgan fingerprint density at radius 1 is 1.03 bits per heavy atom. The van der Waals surface area contributed by atoms with Gasteiger partial charge in [-0.1, -0.05) is 47.2 Å². The number of methoxy groups -OCH3 is 1. The van der Waals surface area contributed by atoms with Gasteiger partial charge in [0.1, 0.15) is 5.75 Å². The van der Waals surface area contributed by atoms with Crippen LogP contribution in [0.25, 0.3) is 0 Å². The fourth-order valence-electron chi connectivity index (χ4n) is 4.08. The molecule has 1 aliphatic heterocycles. The number of piperidine rings is 1. The van der Waals surface area contributed by atoms with Crippen LogP contribution >= 0.6 is 11.3 Å². The molecule has 1 aliphatic rings. The third kappa shape index (κ3) is 6.45. The number of aryl methyl sites for hydroxylation is 1. The summed E-state index contributed by atoms with van der Waals surface area (Å²) in [7, 11) is 1.61. The molecule has 9 nitrogen and oxygen atoms in total. The molecule has 10 heteroatoms. The molecule has 0 bridgehead atoms. The second kappa shape index (κ2) is 11.8. The van der Waals surface area contributed by atoms with Gasteiger partial charge in [-0.2, -0.15) is 0 Å². The van der Waals surface area contributed by atoms with Crippen LogP contribution in [-0.4, -0.2) is 53.0 Å². The van der Waals surface area contributed by atoms with Crippen molar-refractivity contribution in [3.8, 4) is 5.75 Å². The number of carbonyl (C=O) groups is 3. The van der Waals surface area contributed by atoms with Crippen LogP contribution in [0.15, 0.2) is 48.5 Å². The standard InChI is InChI=1S/C26H29N5O4S/c1-17-7-9-20(10-8-17)28-23(33)24-29-30-25(36-24)26(34)31-13-11-18(12-14-31)15-22(32)27-16-19-5-3-4-6-21(19)35-2/h3-10,18H,11-16H2,1-2H3,(H,27,32)(H,28,33). The van der Waals surface area contributed by atoms with Crippen molar-refractivity contribution in [2.75, 3.05) is 25.5 Å². The van der Waals surface area contributed by atoms with Gasteiger partial charge in [0, 0.05) is 37.3 Å². The largest absolute Gasteiger partial charge is 0.496 e. The lowest BCUT2D eigenvalue weighted by atomic mass is 9.93. The van der Waals surface area contributed by atoms with Crippen molar-refractivity contribution in [2.24, 2.45) is 5.92 Å². The molecule has 0 spiro atoms. The van der Waals surface area contributed by atoms with E-state index in [2.05, 4.69) is 20.8 Å². The van der Waals surface area contributed by atoms with Gasteiger partial charge in [0.15, 0.2) is 0 Å². The quantitative estimate of drug-likeness (QED) is 0.481. The van der Waals surface area contributed by atoms with Crippen molar-refractivity contribution >= 4 is 34.7 Å². The van der Waals surface area contributed by atoms with Crippen LogP contribution in [0.5, 0.6) is 5.75 Å². The number of likely N-dealkylation sites (tertiary alicyclic amines) is 1. The van der Waals surface area contributed by atoms with Crippen LogP contribution in [0.1, 0.15) is 50.0 Å². The van der Waals surface area contributed by atoms with E-state index in [0.717, 1.165) is 41.1 Å². The highest BCUT2D eigenvalue weighted by atomic mass is 32.1.